The van der Waals surface area contributed by atoms with Crippen molar-refractivity contribution < 1.29 is 8.42 Å². The summed E-state index contributed by atoms with van der Waals surface area (Å²) in [5.74, 6) is 0.0570. The minimum atomic E-state index is -3.43. The number of rotatable bonds is 4. The van der Waals surface area contributed by atoms with Crippen LogP contribution in [-0.4, -0.2) is 31.9 Å². The Morgan fingerprint density at radius 1 is 1.17 bits per heavy atom. The van der Waals surface area contributed by atoms with Gasteiger partial charge in [0.2, 0.25) is 0 Å². The Kier molecular flexibility index (Phi) is 5.86. The van der Waals surface area contributed by atoms with Crippen LogP contribution in [0, 0.1) is 0 Å². The molecule has 1 aliphatic rings. The first-order valence-electron chi connectivity index (χ1n) is 7.41. The molecule has 2 N–H and O–H groups in total. The summed E-state index contributed by atoms with van der Waals surface area (Å²) in [6, 6.07) is 13.3. The number of nitrogens with two attached hydrogens (primary N) is 1. The maximum Gasteiger partial charge on any atom is 0.252 e. The summed E-state index contributed by atoms with van der Waals surface area (Å²) in [4.78, 5) is 1.08. The predicted octanol–water partition coefficient (Wildman–Crippen LogP) is 2.85. The van der Waals surface area contributed by atoms with Crippen molar-refractivity contribution in [2.45, 2.75) is 29.5 Å². The average Bonchev–Trinajstić information content (AvgIpc) is 3.15. The molecule has 1 aliphatic heterocycles. The zero-order valence-electron chi connectivity index (χ0n) is 12.9. The molecule has 0 amide bonds. The Labute approximate surface area is 147 Å². The van der Waals surface area contributed by atoms with Crippen LogP contribution >= 0.6 is 23.7 Å². The monoisotopic (exact) mass is 372 g/mol. The van der Waals surface area contributed by atoms with Crippen LogP contribution in [0.4, 0.5) is 0 Å². The van der Waals surface area contributed by atoms with E-state index in [0.29, 0.717) is 17.3 Å². The van der Waals surface area contributed by atoms with E-state index in [1.807, 2.05) is 43.3 Å². The third kappa shape index (κ3) is 3.61. The Bertz CT molecular complexity index is 746. The van der Waals surface area contributed by atoms with Gasteiger partial charge < -0.3 is 5.73 Å². The Hall–Kier alpha value is -0.920. The van der Waals surface area contributed by atoms with Crippen LogP contribution in [0.2, 0.25) is 0 Å². The number of benzene rings is 1. The third-order valence-corrected chi connectivity index (χ3v) is 7.67. The largest absolute Gasteiger partial charge is 0.326 e. The minimum absolute atomic E-state index is 0. The van der Waals surface area contributed by atoms with Gasteiger partial charge in [-0.1, -0.05) is 37.3 Å². The topological polar surface area (TPSA) is 63.4 Å². The molecule has 3 rings (SSSR count). The van der Waals surface area contributed by atoms with Crippen LogP contribution in [0.15, 0.2) is 46.7 Å². The van der Waals surface area contributed by atoms with Crippen molar-refractivity contribution in [2.75, 3.05) is 13.1 Å². The molecule has 0 saturated carbocycles. The summed E-state index contributed by atoms with van der Waals surface area (Å²) in [5.41, 5.74) is 7.31. The van der Waals surface area contributed by atoms with E-state index >= 15 is 0 Å². The second-order valence-electron chi connectivity index (χ2n) is 5.58. The van der Waals surface area contributed by atoms with Gasteiger partial charge in [-0.15, -0.1) is 23.7 Å². The molecule has 0 spiro atoms. The smallest absolute Gasteiger partial charge is 0.252 e. The van der Waals surface area contributed by atoms with Crippen LogP contribution in [0.1, 0.15) is 23.3 Å². The predicted molar refractivity (Wildman–Crippen MR) is 96.9 cm³/mol. The van der Waals surface area contributed by atoms with E-state index < -0.39 is 10.0 Å². The van der Waals surface area contributed by atoms with Crippen molar-refractivity contribution in [3.05, 3.63) is 52.9 Å². The maximum absolute atomic E-state index is 12.8. The molecule has 1 fully saturated rings. The van der Waals surface area contributed by atoms with Crippen molar-refractivity contribution in [2.24, 2.45) is 5.73 Å². The highest BCUT2D eigenvalue weighted by molar-refractivity contribution is 7.91. The first-order valence-corrected chi connectivity index (χ1v) is 9.67. The van der Waals surface area contributed by atoms with Crippen molar-refractivity contribution in [1.82, 2.24) is 4.31 Å². The molecule has 126 valence electrons. The average molecular weight is 373 g/mol. The van der Waals surface area contributed by atoms with Crippen LogP contribution in [-0.2, 0) is 16.4 Å². The number of nitrogens with zero attached hydrogens (tertiary/aromatic N) is 1. The number of aryl methyl sites for hydroxylation is 1. The maximum atomic E-state index is 12.8. The molecule has 1 saturated heterocycles. The van der Waals surface area contributed by atoms with Crippen molar-refractivity contribution in [3.8, 4) is 0 Å². The molecule has 2 aromatic rings. The zero-order chi connectivity index (χ0) is 15.7. The van der Waals surface area contributed by atoms with Crippen molar-refractivity contribution >= 4 is 33.8 Å². The molecule has 4 nitrogen and oxygen atoms in total. The van der Waals surface area contributed by atoms with E-state index in [1.165, 1.54) is 15.6 Å². The van der Waals surface area contributed by atoms with Gasteiger partial charge in [-0.05, 0) is 24.1 Å². The molecule has 2 heterocycles. The van der Waals surface area contributed by atoms with Gasteiger partial charge in [0.25, 0.3) is 10.0 Å². The normalized spacial score (nSPS) is 22.0. The molecule has 1 aromatic heterocycles. The van der Waals surface area contributed by atoms with E-state index in [-0.39, 0.29) is 24.4 Å². The summed E-state index contributed by atoms with van der Waals surface area (Å²) in [6.45, 7) is 2.85. The Morgan fingerprint density at radius 2 is 1.87 bits per heavy atom. The van der Waals surface area contributed by atoms with Crippen molar-refractivity contribution in [1.29, 1.82) is 0 Å². The minimum Gasteiger partial charge on any atom is -0.326 e. The standard InChI is InChI=1S/C16H20N2O2S2.ClH/c1-2-13-8-9-16(21-13)22(19,20)18-10-14(15(17)11-18)12-6-4-3-5-7-12;/h3-9,14-15H,2,10-11,17H2,1H3;1H/t14-,15+;/m0./s1. The van der Waals surface area contributed by atoms with Gasteiger partial charge >= 0.3 is 0 Å². The highest BCUT2D eigenvalue weighted by Gasteiger charge is 2.38. The molecule has 2 atom stereocenters. The van der Waals surface area contributed by atoms with Crippen LogP contribution < -0.4 is 5.73 Å². The number of hydrogen-bond acceptors (Lipinski definition) is 4. The van der Waals surface area contributed by atoms with Gasteiger partial charge in [0.05, 0.1) is 0 Å². The van der Waals surface area contributed by atoms with Gasteiger partial charge in [0.15, 0.2) is 0 Å². The first-order chi connectivity index (χ1) is 10.5. The van der Waals surface area contributed by atoms with E-state index in [4.69, 9.17) is 5.73 Å². The molecular formula is C16H21ClN2O2S2. The third-order valence-electron chi connectivity index (χ3n) is 4.14. The summed E-state index contributed by atoms with van der Waals surface area (Å²) in [7, 11) is -3.43. The number of halogens is 1. The second kappa shape index (κ2) is 7.32. The molecule has 7 heteroatoms. The Balaban J connectivity index is 0.00000192. The lowest BCUT2D eigenvalue weighted by Crippen LogP contribution is -2.31. The van der Waals surface area contributed by atoms with Crippen LogP contribution in [0.5, 0.6) is 0 Å². The highest BCUT2D eigenvalue weighted by atomic mass is 35.5. The van der Waals surface area contributed by atoms with E-state index in [9.17, 15) is 8.42 Å². The number of sulfonamides is 1. The first kappa shape index (κ1) is 18.4. The summed E-state index contributed by atoms with van der Waals surface area (Å²) in [5, 5.41) is 0. The molecule has 0 aliphatic carbocycles. The molecular weight excluding hydrogens is 352 g/mol. The van der Waals surface area contributed by atoms with Crippen LogP contribution in [0.25, 0.3) is 0 Å². The number of thiophene rings is 1. The molecule has 0 unspecified atom stereocenters. The Morgan fingerprint density at radius 3 is 2.48 bits per heavy atom. The molecule has 0 radical (unpaired) electrons. The molecule has 23 heavy (non-hydrogen) atoms. The van der Waals surface area contributed by atoms with Crippen LogP contribution in [0.3, 0.4) is 0 Å². The highest BCUT2D eigenvalue weighted by Crippen LogP contribution is 2.32. The number of hydrogen-bond donors (Lipinski definition) is 1. The van der Waals surface area contributed by atoms with Gasteiger partial charge in [-0.3, -0.25) is 0 Å². The molecule has 0 bridgehead atoms. The van der Waals surface area contributed by atoms with Gasteiger partial charge in [0, 0.05) is 29.9 Å². The van der Waals surface area contributed by atoms with E-state index in [1.54, 1.807) is 6.07 Å². The van der Waals surface area contributed by atoms with Gasteiger partial charge in [-0.2, -0.15) is 4.31 Å². The van der Waals surface area contributed by atoms with E-state index in [2.05, 4.69) is 0 Å². The second-order valence-corrected chi connectivity index (χ2v) is 8.91. The quantitative estimate of drug-likeness (QED) is 0.897. The molecule has 1 aromatic carbocycles. The van der Waals surface area contributed by atoms with Gasteiger partial charge in [-0.25, -0.2) is 8.42 Å². The lowest BCUT2D eigenvalue weighted by molar-refractivity contribution is 0.472. The fraction of sp³-hybridized carbons (Fsp3) is 0.375. The summed E-state index contributed by atoms with van der Waals surface area (Å²) < 4.78 is 27.5. The zero-order valence-corrected chi connectivity index (χ0v) is 15.3. The fourth-order valence-electron chi connectivity index (χ4n) is 2.85. The van der Waals surface area contributed by atoms with Crippen molar-refractivity contribution in [3.63, 3.8) is 0 Å². The van der Waals surface area contributed by atoms with Gasteiger partial charge in [0.1, 0.15) is 4.21 Å². The summed E-state index contributed by atoms with van der Waals surface area (Å²) >= 11 is 1.35. The lowest BCUT2D eigenvalue weighted by atomic mass is 9.95. The lowest BCUT2D eigenvalue weighted by Gasteiger charge is -2.15. The summed E-state index contributed by atoms with van der Waals surface area (Å²) in [6.07, 6.45) is 0.854. The SMILES string of the molecule is CCc1ccc(S(=O)(=O)N2C[C@@H](N)[C@H](c3ccccc3)C2)s1.Cl. The van der Waals surface area contributed by atoms with E-state index in [0.717, 1.165) is 16.9 Å². The fourth-order valence-corrected chi connectivity index (χ4v) is 5.81.